The molecule has 1 aliphatic rings. The minimum atomic E-state index is -0.871. The van der Waals surface area contributed by atoms with Gasteiger partial charge < -0.3 is 14.9 Å². The van der Waals surface area contributed by atoms with E-state index in [0.29, 0.717) is 24.9 Å². The second-order valence-electron chi connectivity index (χ2n) is 5.35. The predicted octanol–water partition coefficient (Wildman–Crippen LogP) is 2.17. The topological polar surface area (TPSA) is 60.9 Å². The normalized spacial score (nSPS) is 18.4. The van der Waals surface area contributed by atoms with Crippen molar-refractivity contribution in [3.05, 3.63) is 35.6 Å². The minimum Gasteiger partial charge on any atom is -0.481 e. The number of rotatable bonds is 3. The second-order valence-corrected chi connectivity index (χ2v) is 5.35. The number of benzene rings is 1. The molecule has 1 aromatic carbocycles. The average Bonchev–Trinajstić information content (AvgIpc) is 2.49. The van der Waals surface area contributed by atoms with Crippen molar-refractivity contribution in [3.8, 4) is 0 Å². The molecule has 0 bridgehead atoms. The summed E-state index contributed by atoms with van der Waals surface area (Å²) in [5.74, 6) is -1.73. The molecule has 1 atom stereocenters. The average molecular weight is 294 g/mol. The van der Waals surface area contributed by atoms with Crippen LogP contribution in [-0.2, 0) is 11.3 Å². The molecule has 0 saturated carbocycles. The van der Waals surface area contributed by atoms with Crippen LogP contribution in [0.1, 0.15) is 18.4 Å². The highest BCUT2D eigenvalue weighted by Gasteiger charge is 2.29. The maximum atomic E-state index is 13.6. The van der Waals surface area contributed by atoms with Crippen LogP contribution in [0.15, 0.2) is 24.3 Å². The lowest BCUT2D eigenvalue weighted by Gasteiger charge is -2.33. The van der Waals surface area contributed by atoms with Gasteiger partial charge in [0.05, 0.1) is 5.92 Å². The van der Waals surface area contributed by atoms with Gasteiger partial charge in [-0.05, 0) is 18.9 Å². The molecule has 21 heavy (non-hydrogen) atoms. The van der Waals surface area contributed by atoms with Crippen LogP contribution >= 0.6 is 0 Å². The highest BCUT2D eigenvalue weighted by atomic mass is 19.1. The summed E-state index contributed by atoms with van der Waals surface area (Å²) < 4.78 is 13.6. The lowest BCUT2D eigenvalue weighted by Crippen LogP contribution is -2.47. The van der Waals surface area contributed by atoms with Gasteiger partial charge in [-0.15, -0.1) is 0 Å². The highest BCUT2D eigenvalue weighted by molar-refractivity contribution is 5.76. The summed E-state index contributed by atoms with van der Waals surface area (Å²) in [5.41, 5.74) is 0.445. The SMILES string of the molecule is CN(Cc1ccccc1F)C(=O)N1CCC[C@@H](C(=O)O)C1. The number of nitrogens with zero attached hydrogens (tertiary/aromatic N) is 2. The molecule has 6 heteroatoms. The van der Waals surface area contributed by atoms with Crippen LogP contribution in [0.5, 0.6) is 0 Å². The van der Waals surface area contributed by atoms with E-state index in [-0.39, 0.29) is 24.9 Å². The van der Waals surface area contributed by atoms with E-state index in [0.717, 1.165) is 0 Å². The fourth-order valence-electron chi connectivity index (χ4n) is 2.54. The van der Waals surface area contributed by atoms with Crippen LogP contribution < -0.4 is 0 Å². The molecule has 1 aliphatic heterocycles. The summed E-state index contributed by atoms with van der Waals surface area (Å²) >= 11 is 0. The summed E-state index contributed by atoms with van der Waals surface area (Å²) in [6.07, 6.45) is 1.27. The first kappa shape index (κ1) is 15.3. The number of likely N-dealkylation sites (tertiary alicyclic amines) is 1. The zero-order valence-corrected chi connectivity index (χ0v) is 12.0. The number of hydrogen-bond acceptors (Lipinski definition) is 2. The lowest BCUT2D eigenvalue weighted by molar-refractivity contribution is -0.143. The molecule has 1 N–H and O–H groups in total. The van der Waals surface area contributed by atoms with Gasteiger partial charge in [-0.2, -0.15) is 0 Å². The standard InChI is InChI=1S/C15H19FN2O3/c1-17(9-11-5-2-3-7-13(11)16)15(21)18-8-4-6-12(10-18)14(19)20/h2-3,5,7,12H,4,6,8-10H2,1H3,(H,19,20)/t12-/m1/s1. The first-order valence-electron chi connectivity index (χ1n) is 6.95. The number of aliphatic carboxylic acids is 1. The molecule has 0 spiro atoms. The van der Waals surface area contributed by atoms with Gasteiger partial charge in [0.1, 0.15) is 5.82 Å². The molecule has 114 valence electrons. The number of carbonyl (C=O) groups excluding carboxylic acids is 1. The molecule has 0 unspecified atom stereocenters. The van der Waals surface area contributed by atoms with Crippen molar-refractivity contribution < 1.29 is 19.1 Å². The molecule has 0 aliphatic carbocycles. The largest absolute Gasteiger partial charge is 0.481 e. The Hall–Kier alpha value is -2.11. The molecular formula is C15H19FN2O3. The number of amides is 2. The fourth-order valence-corrected chi connectivity index (χ4v) is 2.54. The van der Waals surface area contributed by atoms with Crippen LogP contribution in [0.4, 0.5) is 9.18 Å². The van der Waals surface area contributed by atoms with Crippen molar-refractivity contribution in [2.24, 2.45) is 5.92 Å². The number of halogens is 1. The van der Waals surface area contributed by atoms with Crippen molar-refractivity contribution in [1.29, 1.82) is 0 Å². The number of carboxylic acids is 1. The smallest absolute Gasteiger partial charge is 0.320 e. The minimum absolute atomic E-state index is 0.166. The van der Waals surface area contributed by atoms with Crippen LogP contribution in [0.2, 0.25) is 0 Å². The monoisotopic (exact) mass is 294 g/mol. The van der Waals surface area contributed by atoms with E-state index in [1.54, 1.807) is 25.2 Å². The molecule has 1 aromatic rings. The summed E-state index contributed by atoms with van der Waals surface area (Å²) in [7, 11) is 1.60. The van der Waals surface area contributed by atoms with Crippen LogP contribution in [0, 0.1) is 11.7 Å². The summed E-state index contributed by atoms with van der Waals surface area (Å²) in [5, 5.41) is 9.05. The highest BCUT2D eigenvalue weighted by Crippen LogP contribution is 2.18. The third-order valence-corrected chi connectivity index (χ3v) is 3.73. The van der Waals surface area contributed by atoms with Gasteiger partial charge >= 0.3 is 12.0 Å². The van der Waals surface area contributed by atoms with Gasteiger partial charge in [0, 0.05) is 32.2 Å². The third kappa shape index (κ3) is 3.71. The van der Waals surface area contributed by atoms with Gasteiger partial charge in [0.2, 0.25) is 0 Å². The number of hydrogen-bond donors (Lipinski definition) is 1. The van der Waals surface area contributed by atoms with Gasteiger partial charge in [-0.3, -0.25) is 4.79 Å². The van der Waals surface area contributed by atoms with Crippen LogP contribution in [-0.4, -0.2) is 47.0 Å². The quantitative estimate of drug-likeness (QED) is 0.929. The van der Waals surface area contributed by atoms with Crippen molar-refractivity contribution in [2.45, 2.75) is 19.4 Å². The van der Waals surface area contributed by atoms with E-state index in [9.17, 15) is 14.0 Å². The Bertz CT molecular complexity index is 535. The van der Waals surface area contributed by atoms with E-state index >= 15 is 0 Å². The summed E-state index contributed by atoms with van der Waals surface area (Å²) in [6.45, 7) is 0.930. The number of urea groups is 1. The van der Waals surface area contributed by atoms with Crippen molar-refractivity contribution in [2.75, 3.05) is 20.1 Å². The fraction of sp³-hybridized carbons (Fsp3) is 0.467. The van der Waals surface area contributed by atoms with Crippen LogP contribution in [0.25, 0.3) is 0 Å². The van der Waals surface area contributed by atoms with Crippen molar-refractivity contribution in [3.63, 3.8) is 0 Å². The van der Waals surface area contributed by atoms with Gasteiger partial charge in [-0.1, -0.05) is 18.2 Å². The molecule has 0 aromatic heterocycles. The van der Waals surface area contributed by atoms with E-state index in [2.05, 4.69) is 0 Å². The maximum Gasteiger partial charge on any atom is 0.320 e. The Kier molecular flexibility index (Phi) is 4.77. The first-order chi connectivity index (χ1) is 9.99. The van der Waals surface area contributed by atoms with Crippen molar-refractivity contribution in [1.82, 2.24) is 9.80 Å². The molecule has 2 rings (SSSR count). The Morgan fingerprint density at radius 2 is 2.14 bits per heavy atom. The second kappa shape index (κ2) is 6.56. The first-order valence-corrected chi connectivity index (χ1v) is 6.95. The lowest BCUT2D eigenvalue weighted by atomic mass is 9.99. The zero-order valence-electron chi connectivity index (χ0n) is 12.0. The molecule has 1 fully saturated rings. The van der Waals surface area contributed by atoms with E-state index in [4.69, 9.17) is 5.11 Å². The Labute approximate surface area is 123 Å². The Balaban J connectivity index is 1.99. The predicted molar refractivity (Wildman–Crippen MR) is 75.2 cm³/mol. The van der Waals surface area contributed by atoms with Crippen LogP contribution in [0.3, 0.4) is 0 Å². The summed E-state index contributed by atoms with van der Waals surface area (Å²) in [4.78, 5) is 26.3. The third-order valence-electron chi connectivity index (χ3n) is 3.73. The van der Waals surface area contributed by atoms with E-state index in [1.807, 2.05) is 0 Å². The molecule has 2 amide bonds. The summed E-state index contributed by atoms with van der Waals surface area (Å²) in [6, 6.07) is 6.05. The Morgan fingerprint density at radius 3 is 2.81 bits per heavy atom. The Morgan fingerprint density at radius 1 is 1.43 bits per heavy atom. The van der Waals surface area contributed by atoms with Gasteiger partial charge in [0.25, 0.3) is 0 Å². The number of carbonyl (C=O) groups is 2. The van der Waals surface area contributed by atoms with Crippen molar-refractivity contribution >= 4 is 12.0 Å². The van der Waals surface area contributed by atoms with Gasteiger partial charge in [-0.25, -0.2) is 9.18 Å². The van der Waals surface area contributed by atoms with E-state index in [1.165, 1.54) is 15.9 Å². The molecule has 1 heterocycles. The zero-order chi connectivity index (χ0) is 15.4. The molecular weight excluding hydrogens is 275 g/mol. The molecule has 5 nitrogen and oxygen atoms in total. The molecule has 1 saturated heterocycles. The van der Waals surface area contributed by atoms with Gasteiger partial charge in [0.15, 0.2) is 0 Å². The number of carboxylic acid groups (broad SMARTS) is 1. The maximum absolute atomic E-state index is 13.6. The molecule has 0 radical (unpaired) electrons. The van der Waals surface area contributed by atoms with E-state index < -0.39 is 11.9 Å². The number of piperidine rings is 1.